The second-order valence-electron chi connectivity index (χ2n) is 6.87. The molecule has 1 aromatic carbocycles. The van der Waals surface area contributed by atoms with Crippen molar-refractivity contribution in [2.24, 2.45) is 20.0 Å². The Hall–Kier alpha value is -2.83. The third kappa shape index (κ3) is 2.38. The van der Waals surface area contributed by atoms with E-state index in [0.717, 1.165) is 30.1 Å². The summed E-state index contributed by atoms with van der Waals surface area (Å²) in [6.45, 7) is 4.49. The number of aromatic nitrogens is 4. The molecule has 3 heterocycles. The van der Waals surface area contributed by atoms with Gasteiger partial charge in [-0.2, -0.15) is 4.98 Å². The fourth-order valence-electron chi connectivity index (χ4n) is 3.62. The first-order chi connectivity index (χ1) is 12.0. The Bertz CT molecular complexity index is 1060. The van der Waals surface area contributed by atoms with Crippen molar-refractivity contribution in [3.05, 3.63) is 56.7 Å². The van der Waals surface area contributed by atoms with Gasteiger partial charge in [0.15, 0.2) is 11.2 Å². The van der Waals surface area contributed by atoms with Gasteiger partial charge in [-0.25, -0.2) is 4.79 Å². The van der Waals surface area contributed by atoms with Crippen LogP contribution in [0.2, 0.25) is 0 Å². The molecule has 0 N–H and O–H groups in total. The topological polar surface area (TPSA) is 65.1 Å². The number of anilines is 1. The normalized spacial score (nSPS) is 17.1. The highest BCUT2D eigenvalue weighted by Crippen LogP contribution is 2.27. The van der Waals surface area contributed by atoms with E-state index in [4.69, 9.17) is 0 Å². The summed E-state index contributed by atoms with van der Waals surface area (Å²) in [5.74, 6) is 1.14. The Labute approximate surface area is 144 Å². The Morgan fingerprint density at radius 1 is 1.08 bits per heavy atom. The van der Waals surface area contributed by atoms with Crippen molar-refractivity contribution < 1.29 is 0 Å². The van der Waals surface area contributed by atoms with Crippen molar-refractivity contribution in [2.45, 2.75) is 20.0 Å². The molecule has 130 valence electrons. The molecule has 25 heavy (non-hydrogen) atoms. The summed E-state index contributed by atoms with van der Waals surface area (Å²) in [4.78, 5) is 31.7. The van der Waals surface area contributed by atoms with Crippen LogP contribution in [0.4, 0.5) is 5.95 Å². The maximum absolute atomic E-state index is 12.7. The summed E-state index contributed by atoms with van der Waals surface area (Å²) in [5, 5.41) is 0. The molecule has 0 bridgehead atoms. The molecule has 7 nitrogen and oxygen atoms in total. The average molecular weight is 339 g/mol. The van der Waals surface area contributed by atoms with E-state index in [1.165, 1.54) is 17.2 Å². The summed E-state index contributed by atoms with van der Waals surface area (Å²) in [7, 11) is 3.17. The third-order valence-electron chi connectivity index (χ3n) is 4.85. The lowest BCUT2D eigenvalue weighted by molar-refractivity contribution is 0.435. The lowest BCUT2D eigenvalue weighted by Gasteiger charge is -2.33. The van der Waals surface area contributed by atoms with Crippen molar-refractivity contribution in [2.75, 3.05) is 11.4 Å². The van der Waals surface area contributed by atoms with Gasteiger partial charge in [-0.15, -0.1) is 0 Å². The fraction of sp³-hybridized carbons (Fsp3) is 0.389. The van der Waals surface area contributed by atoms with E-state index in [9.17, 15) is 9.59 Å². The van der Waals surface area contributed by atoms with Gasteiger partial charge in [0.05, 0.1) is 0 Å². The highest BCUT2D eigenvalue weighted by molar-refractivity contribution is 5.75. The van der Waals surface area contributed by atoms with Crippen LogP contribution in [0.1, 0.15) is 12.5 Å². The quantitative estimate of drug-likeness (QED) is 0.701. The lowest BCUT2D eigenvalue weighted by Crippen LogP contribution is -2.39. The van der Waals surface area contributed by atoms with Crippen LogP contribution in [0.5, 0.6) is 0 Å². The molecule has 0 aliphatic carbocycles. The van der Waals surface area contributed by atoms with Crippen molar-refractivity contribution in [1.29, 1.82) is 0 Å². The number of hydrogen-bond donors (Lipinski definition) is 0. The summed E-state index contributed by atoms with van der Waals surface area (Å²) >= 11 is 0. The Morgan fingerprint density at radius 2 is 1.80 bits per heavy atom. The van der Waals surface area contributed by atoms with Crippen LogP contribution in [0, 0.1) is 5.92 Å². The summed E-state index contributed by atoms with van der Waals surface area (Å²) in [6, 6.07) is 10.2. The summed E-state index contributed by atoms with van der Waals surface area (Å²) in [5.41, 5.74) is 1.51. The van der Waals surface area contributed by atoms with Gasteiger partial charge in [-0.05, 0) is 11.5 Å². The van der Waals surface area contributed by atoms with Gasteiger partial charge in [0, 0.05) is 33.7 Å². The molecule has 1 atom stereocenters. The molecule has 0 unspecified atom stereocenters. The predicted octanol–water partition coefficient (Wildman–Crippen LogP) is 1.09. The minimum absolute atomic E-state index is 0.286. The SMILES string of the molecule is C[C@@H]1CN(Cc2ccccc2)c2nc3c(c(=O)n(C)c(=O)n3C)n2C1. The molecule has 4 rings (SSSR count). The summed E-state index contributed by atoms with van der Waals surface area (Å²) in [6.07, 6.45) is 0. The largest absolute Gasteiger partial charge is 0.338 e. The highest BCUT2D eigenvalue weighted by Gasteiger charge is 2.28. The predicted molar refractivity (Wildman–Crippen MR) is 96.9 cm³/mol. The fourth-order valence-corrected chi connectivity index (χ4v) is 3.62. The average Bonchev–Trinajstić information content (AvgIpc) is 2.98. The molecule has 0 saturated carbocycles. The van der Waals surface area contributed by atoms with E-state index in [-0.39, 0.29) is 11.2 Å². The number of imidazole rings is 1. The number of aryl methyl sites for hydroxylation is 1. The Kier molecular flexibility index (Phi) is 3.52. The van der Waals surface area contributed by atoms with E-state index in [0.29, 0.717) is 17.1 Å². The first-order valence-corrected chi connectivity index (χ1v) is 8.42. The number of benzene rings is 1. The van der Waals surface area contributed by atoms with E-state index in [2.05, 4.69) is 28.9 Å². The molecular formula is C18H21N5O2. The zero-order valence-electron chi connectivity index (χ0n) is 14.6. The van der Waals surface area contributed by atoms with E-state index in [1.807, 2.05) is 22.8 Å². The smallest absolute Gasteiger partial charge is 0.332 e. The zero-order chi connectivity index (χ0) is 17.7. The second-order valence-corrected chi connectivity index (χ2v) is 6.87. The second kappa shape index (κ2) is 5.61. The van der Waals surface area contributed by atoms with Crippen LogP contribution in [0.25, 0.3) is 11.2 Å². The van der Waals surface area contributed by atoms with Crippen LogP contribution >= 0.6 is 0 Å². The molecule has 0 spiro atoms. The standard InChI is InChI=1S/C18H21N5O2/c1-12-9-22(11-13-7-5-4-6-8-13)17-19-15-14(23(17)10-12)16(24)21(3)18(25)20(15)2/h4-8,12H,9-11H2,1-3H3/t12-/m1/s1. The maximum atomic E-state index is 12.7. The van der Waals surface area contributed by atoms with Crippen LogP contribution in [0.3, 0.4) is 0 Å². The first-order valence-electron chi connectivity index (χ1n) is 8.42. The number of fused-ring (bicyclic) bond motifs is 3. The van der Waals surface area contributed by atoms with Gasteiger partial charge in [0.25, 0.3) is 5.56 Å². The molecule has 7 heteroatoms. The van der Waals surface area contributed by atoms with Crippen LogP contribution in [0.15, 0.2) is 39.9 Å². The van der Waals surface area contributed by atoms with Gasteiger partial charge in [0.2, 0.25) is 5.95 Å². The van der Waals surface area contributed by atoms with Gasteiger partial charge in [-0.3, -0.25) is 13.9 Å². The molecule has 0 amide bonds. The van der Waals surface area contributed by atoms with Gasteiger partial charge < -0.3 is 9.47 Å². The van der Waals surface area contributed by atoms with Crippen LogP contribution < -0.4 is 16.1 Å². The molecule has 0 saturated heterocycles. The monoisotopic (exact) mass is 339 g/mol. The van der Waals surface area contributed by atoms with Crippen molar-refractivity contribution in [3.63, 3.8) is 0 Å². The molecule has 1 aliphatic heterocycles. The molecule has 0 fully saturated rings. The zero-order valence-corrected chi connectivity index (χ0v) is 14.6. The van der Waals surface area contributed by atoms with E-state index < -0.39 is 0 Å². The Balaban J connectivity index is 1.92. The minimum atomic E-state index is -0.351. The number of nitrogens with zero attached hydrogens (tertiary/aromatic N) is 5. The molecule has 3 aromatic rings. The molecule has 2 aromatic heterocycles. The lowest BCUT2D eigenvalue weighted by atomic mass is 10.1. The minimum Gasteiger partial charge on any atom is -0.338 e. The highest BCUT2D eigenvalue weighted by atomic mass is 16.2. The van der Waals surface area contributed by atoms with Gasteiger partial charge in [0.1, 0.15) is 0 Å². The molecular weight excluding hydrogens is 318 g/mol. The van der Waals surface area contributed by atoms with Crippen LogP contribution in [-0.4, -0.2) is 25.2 Å². The van der Waals surface area contributed by atoms with Crippen LogP contribution in [-0.2, 0) is 27.2 Å². The Morgan fingerprint density at radius 3 is 2.52 bits per heavy atom. The molecule has 1 aliphatic rings. The van der Waals surface area contributed by atoms with Gasteiger partial charge in [-0.1, -0.05) is 37.3 Å². The maximum Gasteiger partial charge on any atom is 0.332 e. The third-order valence-corrected chi connectivity index (χ3v) is 4.85. The number of hydrogen-bond acceptors (Lipinski definition) is 4. The number of rotatable bonds is 2. The first kappa shape index (κ1) is 15.7. The summed E-state index contributed by atoms with van der Waals surface area (Å²) < 4.78 is 4.57. The van der Waals surface area contributed by atoms with Crippen molar-refractivity contribution >= 4 is 17.1 Å². The van der Waals surface area contributed by atoms with Crippen molar-refractivity contribution in [3.8, 4) is 0 Å². The van der Waals surface area contributed by atoms with E-state index >= 15 is 0 Å². The van der Waals surface area contributed by atoms with Crippen molar-refractivity contribution in [1.82, 2.24) is 18.7 Å². The van der Waals surface area contributed by atoms with Gasteiger partial charge >= 0.3 is 5.69 Å². The van der Waals surface area contributed by atoms with E-state index in [1.54, 1.807) is 7.05 Å². The molecule has 0 radical (unpaired) electrons.